The molecule has 0 bridgehead atoms. The van der Waals surface area contributed by atoms with Crippen molar-refractivity contribution >= 4 is 0 Å². The highest BCUT2D eigenvalue weighted by molar-refractivity contribution is 4.89. The van der Waals surface area contributed by atoms with E-state index in [1.807, 2.05) is 0 Å². The zero-order valence-electron chi connectivity index (χ0n) is 12.9. The van der Waals surface area contributed by atoms with Gasteiger partial charge in [0.05, 0.1) is 5.60 Å². The van der Waals surface area contributed by atoms with Crippen LogP contribution < -0.4 is 5.73 Å². The Morgan fingerprint density at radius 2 is 1.83 bits per heavy atom. The van der Waals surface area contributed by atoms with Gasteiger partial charge in [-0.3, -0.25) is 0 Å². The number of nitrogens with two attached hydrogens (primary N) is 1. The van der Waals surface area contributed by atoms with E-state index in [4.69, 9.17) is 10.5 Å². The molecule has 0 aromatic heterocycles. The molecule has 0 atom stereocenters. The maximum atomic E-state index is 6.50. The smallest absolute Gasteiger partial charge is 0.0598 e. The van der Waals surface area contributed by atoms with Crippen LogP contribution in [0.15, 0.2) is 0 Å². The fraction of sp³-hybridized carbons (Fsp3) is 1.00. The van der Waals surface area contributed by atoms with Crippen LogP contribution in [-0.2, 0) is 4.74 Å². The lowest BCUT2D eigenvalue weighted by Gasteiger charge is -2.38. The average molecular weight is 255 g/mol. The van der Waals surface area contributed by atoms with Crippen molar-refractivity contribution in [3.63, 3.8) is 0 Å². The molecule has 2 nitrogen and oxygen atoms in total. The summed E-state index contributed by atoms with van der Waals surface area (Å²) in [5, 5.41) is 0. The molecule has 18 heavy (non-hydrogen) atoms. The maximum absolute atomic E-state index is 6.50. The zero-order valence-corrected chi connectivity index (χ0v) is 12.9. The van der Waals surface area contributed by atoms with E-state index in [1.165, 1.54) is 44.9 Å². The first-order chi connectivity index (χ1) is 8.35. The van der Waals surface area contributed by atoms with Crippen LogP contribution in [0, 0.1) is 5.92 Å². The highest BCUT2D eigenvalue weighted by Gasteiger charge is 2.31. The van der Waals surface area contributed by atoms with Gasteiger partial charge in [-0.2, -0.15) is 0 Å². The number of hydrogen-bond acceptors (Lipinski definition) is 2. The van der Waals surface area contributed by atoms with Crippen molar-refractivity contribution in [3.8, 4) is 0 Å². The molecule has 0 radical (unpaired) electrons. The lowest BCUT2D eigenvalue weighted by molar-refractivity contribution is -0.0146. The van der Waals surface area contributed by atoms with Crippen LogP contribution in [0.5, 0.6) is 0 Å². The first kappa shape index (κ1) is 16.0. The molecule has 0 aromatic rings. The predicted molar refractivity (Wildman–Crippen MR) is 78.7 cm³/mol. The summed E-state index contributed by atoms with van der Waals surface area (Å²) < 4.78 is 5.81. The highest BCUT2D eigenvalue weighted by Crippen LogP contribution is 2.35. The molecule has 0 aliphatic heterocycles. The molecule has 0 spiro atoms. The average Bonchev–Trinajstić information content (AvgIpc) is 2.26. The molecule has 1 saturated carbocycles. The quantitative estimate of drug-likeness (QED) is 0.769. The van der Waals surface area contributed by atoms with Crippen LogP contribution in [0.4, 0.5) is 0 Å². The van der Waals surface area contributed by atoms with Crippen LogP contribution in [0.3, 0.4) is 0 Å². The zero-order chi connectivity index (χ0) is 13.6. The summed E-state index contributed by atoms with van der Waals surface area (Å²) >= 11 is 0. The molecule has 2 N–H and O–H groups in total. The van der Waals surface area contributed by atoms with E-state index in [0.717, 1.165) is 18.9 Å². The van der Waals surface area contributed by atoms with Gasteiger partial charge >= 0.3 is 0 Å². The third-order valence-corrected chi connectivity index (χ3v) is 4.20. The van der Waals surface area contributed by atoms with Gasteiger partial charge in [0.2, 0.25) is 0 Å². The Bertz CT molecular complexity index is 224. The van der Waals surface area contributed by atoms with Gasteiger partial charge in [0.15, 0.2) is 0 Å². The standard InChI is InChI=1S/C16H33NO/c1-5-6-7-14-8-10-16(17,11-9-14)12-13-18-15(2,3)4/h14H,5-13,17H2,1-4H3. The van der Waals surface area contributed by atoms with Crippen LogP contribution >= 0.6 is 0 Å². The van der Waals surface area contributed by atoms with Gasteiger partial charge in [0, 0.05) is 12.1 Å². The second-order valence-corrected chi connectivity index (χ2v) is 7.16. The minimum Gasteiger partial charge on any atom is -0.376 e. The molecular weight excluding hydrogens is 222 g/mol. The predicted octanol–water partition coefficient (Wildman–Crippen LogP) is 4.27. The van der Waals surface area contributed by atoms with Crippen molar-refractivity contribution in [2.75, 3.05) is 6.61 Å². The van der Waals surface area contributed by atoms with E-state index < -0.39 is 0 Å². The molecule has 2 heteroatoms. The Balaban J connectivity index is 2.22. The molecule has 0 heterocycles. The summed E-state index contributed by atoms with van der Waals surface area (Å²) in [5.74, 6) is 0.935. The maximum Gasteiger partial charge on any atom is 0.0598 e. The van der Waals surface area contributed by atoms with Gasteiger partial charge in [-0.15, -0.1) is 0 Å². The van der Waals surface area contributed by atoms with Crippen molar-refractivity contribution in [2.45, 2.75) is 90.2 Å². The molecule has 1 aliphatic carbocycles. The van der Waals surface area contributed by atoms with Crippen LogP contribution in [-0.4, -0.2) is 17.7 Å². The number of hydrogen-bond donors (Lipinski definition) is 1. The van der Waals surface area contributed by atoms with Crippen molar-refractivity contribution in [1.29, 1.82) is 0 Å². The summed E-state index contributed by atoms with van der Waals surface area (Å²) in [6, 6.07) is 0. The minimum atomic E-state index is -0.0330. The fourth-order valence-electron chi connectivity index (χ4n) is 2.84. The lowest BCUT2D eigenvalue weighted by atomic mass is 9.74. The molecular formula is C16H33NO. The van der Waals surface area contributed by atoms with Crippen LogP contribution in [0.2, 0.25) is 0 Å². The van der Waals surface area contributed by atoms with Crippen molar-refractivity contribution < 1.29 is 4.74 Å². The minimum absolute atomic E-state index is 0.0330. The van der Waals surface area contributed by atoms with E-state index >= 15 is 0 Å². The van der Waals surface area contributed by atoms with Gasteiger partial charge in [-0.25, -0.2) is 0 Å². The SMILES string of the molecule is CCCCC1CCC(N)(CCOC(C)(C)C)CC1. The van der Waals surface area contributed by atoms with E-state index in [9.17, 15) is 0 Å². The third kappa shape index (κ3) is 6.19. The van der Waals surface area contributed by atoms with Gasteiger partial charge in [0.1, 0.15) is 0 Å². The first-order valence-corrected chi connectivity index (χ1v) is 7.77. The van der Waals surface area contributed by atoms with Crippen LogP contribution in [0.25, 0.3) is 0 Å². The first-order valence-electron chi connectivity index (χ1n) is 7.77. The molecule has 0 amide bonds. The van der Waals surface area contributed by atoms with Crippen molar-refractivity contribution in [3.05, 3.63) is 0 Å². The molecule has 1 rings (SSSR count). The largest absolute Gasteiger partial charge is 0.376 e. The van der Waals surface area contributed by atoms with E-state index in [-0.39, 0.29) is 11.1 Å². The van der Waals surface area contributed by atoms with E-state index in [0.29, 0.717) is 0 Å². The second kappa shape index (κ2) is 6.91. The normalized spacial score (nSPS) is 29.5. The lowest BCUT2D eigenvalue weighted by Crippen LogP contribution is -2.44. The van der Waals surface area contributed by atoms with Gasteiger partial charge in [-0.05, 0) is 58.8 Å². The molecule has 0 aromatic carbocycles. The number of unbranched alkanes of at least 4 members (excludes halogenated alkanes) is 1. The molecule has 0 unspecified atom stereocenters. The summed E-state index contributed by atoms with van der Waals surface area (Å²) in [6.07, 6.45) is 10.2. The topological polar surface area (TPSA) is 35.2 Å². The number of ether oxygens (including phenoxy) is 1. The van der Waals surface area contributed by atoms with E-state index in [2.05, 4.69) is 27.7 Å². The van der Waals surface area contributed by atoms with Gasteiger partial charge < -0.3 is 10.5 Å². The monoisotopic (exact) mass is 255 g/mol. The molecule has 108 valence electrons. The molecule has 1 fully saturated rings. The molecule has 0 saturated heterocycles. The summed E-state index contributed by atoms with van der Waals surface area (Å²) in [7, 11) is 0. The Morgan fingerprint density at radius 3 is 2.33 bits per heavy atom. The highest BCUT2D eigenvalue weighted by atomic mass is 16.5. The van der Waals surface area contributed by atoms with E-state index in [1.54, 1.807) is 0 Å². The summed E-state index contributed by atoms with van der Waals surface area (Å²) in [5.41, 5.74) is 6.52. The molecule has 1 aliphatic rings. The fourth-order valence-corrected chi connectivity index (χ4v) is 2.84. The Hall–Kier alpha value is -0.0800. The van der Waals surface area contributed by atoms with Crippen molar-refractivity contribution in [2.24, 2.45) is 11.7 Å². The van der Waals surface area contributed by atoms with Gasteiger partial charge in [0.25, 0.3) is 0 Å². The van der Waals surface area contributed by atoms with Crippen molar-refractivity contribution in [1.82, 2.24) is 0 Å². The summed E-state index contributed by atoms with van der Waals surface area (Å²) in [6.45, 7) is 9.41. The Morgan fingerprint density at radius 1 is 1.22 bits per heavy atom. The number of rotatable bonds is 6. The van der Waals surface area contributed by atoms with Gasteiger partial charge in [-0.1, -0.05) is 26.2 Å². The van der Waals surface area contributed by atoms with Crippen LogP contribution in [0.1, 0.15) is 79.1 Å². The Kier molecular flexibility index (Phi) is 6.13. The second-order valence-electron chi connectivity index (χ2n) is 7.16. The summed E-state index contributed by atoms with van der Waals surface area (Å²) in [4.78, 5) is 0. The Labute approximate surface area is 114 Å². The third-order valence-electron chi connectivity index (χ3n) is 4.20.